The van der Waals surface area contributed by atoms with E-state index in [0.29, 0.717) is 11.3 Å². The van der Waals surface area contributed by atoms with Crippen molar-refractivity contribution in [1.82, 2.24) is 5.32 Å². The number of benzene rings is 2. The summed E-state index contributed by atoms with van der Waals surface area (Å²) in [5, 5.41) is 2.51. The molecule has 2 aromatic rings. The van der Waals surface area contributed by atoms with E-state index in [9.17, 15) is 9.59 Å². The maximum atomic E-state index is 11.6. The van der Waals surface area contributed by atoms with Gasteiger partial charge in [0.2, 0.25) is 0 Å². The van der Waals surface area contributed by atoms with Crippen LogP contribution in [0.15, 0.2) is 42.5 Å². The van der Waals surface area contributed by atoms with Gasteiger partial charge >= 0.3 is 0 Å². The number of ether oxygens (including phenoxy) is 1. The van der Waals surface area contributed by atoms with E-state index in [4.69, 9.17) is 16.2 Å². The fourth-order valence-electron chi connectivity index (χ4n) is 1.79. The van der Waals surface area contributed by atoms with E-state index in [1.807, 2.05) is 0 Å². The molecule has 0 aliphatic carbocycles. The molecule has 0 unspecified atom stereocenters. The highest BCUT2D eigenvalue weighted by atomic mass is 16.5. The Morgan fingerprint density at radius 2 is 1.81 bits per heavy atom. The second kappa shape index (κ2) is 5.96. The minimum Gasteiger partial charge on any atom is -0.454 e. The van der Waals surface area contributed by atoms with Crippen LogP contribution < -0.4 is 21.5 Å². The highest BCUT2D eigenvalue weighted by molar-refractivity contribution is 5.96. The molecular formula is C15H15N3O3. The number of carbonyl (C=O) groups excluding carboxylic acids is 2. The number of para-hydroxylation sites is 1. The van der Waals surface area contributed by atoms with Gasteiger partial charge in [-0.3, -0.25) is 9.59 Å². The van der Waals surface area contributed by atoms with E-state index in [-0.39, 0.29) is 23.0 Å². The van der Waals surface area contributed by atoms with E-state index in [2.05, 4.69) is 5.32 Å². The van der Waals surface area contributed by atoms with E-state index in [1.165, 1.54) is 13.1 Å². The van der Waals surface area contributed by atoms with Crippen molar-refractivity contribution in [1.29, 1.82) is 0 Å². The van der Waals surface area contributed by atoms with E-state index in [0.717, 1.165) is 0 Å². The monoisotopic (exact) mass is 285 g/mol. The zero-order valence-electron chi connectivity index (χ0n) is 11.4. The van der Waals surface area contributed by atoms with Gasteiger partial charge in [-0.25, -0.2) is 0 Å². The lowest BCUT2D eigenvalue weighted by atomic mass is 10.1. The maximum absolute atomic E-state index is 11.6. The average molecular weight is 285 g/mol. The second-order valence-electron chi connectivity index (χ2n) is 4.29. The molecule has 0 fully saturated rings. The van der Waals surface area contributed by atoms with E-state index in [1.54, 1.807) is 36.4 Å². The molecule has 21 heavy (non-hydrogen) atoms. The van der Waals surface area contributed by atoms with E-state index >= 15 is 0 Å². The predicted octanol–water partition coefficient (Wildman–Crippen LogP) is 1.52. The van der Waals surface area contributed by atoms with Crippen molar-refractivity contribution in [3.8, 4) is 11.5 Å². The lowest BCUT2D eigenvalue weighted by Crippen LogP contribution is -2.17. The van der Waals surface area contributed by atoms with Crippen molar-refractivity contribution in [3.05, 3.63) is 53.6 Å². The molecule has 6 heteroatoms. The summed E-state index contributed by atoms with van der Waals surface area (Å²) in [5.41, 5.74) is 12.1. The number of carbonyl (C=O) groups is 2. The molecule has 0 bridgehead atoms. The Bertz CT molecular complexity index is 698. The molecule has 0 aromatic heterocycles. The van der Waals surface area contributed by atoms with Crippen LogP contribution in [0.3, 0.4) is 0 Å². The minimum atomic E-state index is -0.605. The van der Waals surface area contributed by atoms with Crippen molar-refractivity contribution >= 4 is 17.5 Å². The summed E-state index contributed by atoms with van der Waals surface area (Å²) >= 11 is 0. The molecule has 0 saturated carbocycles. The number of nitrogen functional groups attached to an aromatic ring is 1. The molecule has 0 spiro atoms. The Morgan fingerprint density at radius 3 is 2.48 bits per heavy atom. The van der Waals surface area contributed by atoms with Gasteiger partial charge in [-0.15, -0.1) is 0 Å². The standard InChI is InChI=1S/C15H15N3O3/c1-18-15(20)9-6-7-11(16)13(8-9)21-12-5-3-2-4-10(12)14(17)19/h2-8H,16H2,1H3,(H2,17,19)(H,18,20). The largest absolute Gasteiger partial charge is 0.454 e. The zero-order chi connectivity index (χ0) is 15.4. The molecule has 0 heterocycles. The summed E-state index contributed by atoms with van der Waals surface area (Å²) in [7, 11) is 1.53. The number of hydrogen-bond acceptors (Lipinski definition) is 4. The Labute approximate surface area is 121 Å². The van der Waals surface area contributed by atoms with Crippen molar-refractivity contribution in [2.75, 3.05) is 12.8 Å². The summed E-state index contributed by atoms with van der Waals surface area (Å²) in [6.07, 6.45) is 0. The quantitative estimate of drug-likeness (QED) is 0.740. The summed E-state index contributed by atoms with van der Waals surface area (Å²) < 4.78 is 5.63. The molecule has 5 N–H and O–H groups in total. The topological polar surface area (TPSA) is 107 Å². The molecule has 0 aliphatic rings. The number of amides is 2. The summed E-state index contributed by atoms with van der Waals surface area (Å²) in [6.45, 7) is 0. The fourth-order valence-corrected chi connectivity index (χ4v) is 1.79. The Morgan fingerprint density at radius 1 is 1.10 bits per heavy atom. The molecule has 6 nitrogen and oxygen atoms in total. The van der Waals surface area contributed by atoms with Gasteiger partial charge < -0.3 is 21.5 Å². The van der Waals surface area contributed by atoms with Gasteiger partial charge in [-0.2, -0.15) is 0 Å². The lowest BCUT2D eigenvalue weighted by molar-refractivity contribution is 0.0960. The third-order valence-electron chi connectivity index (χ3n) is 2.88. The van der Waals surface area contributed by atoms with Crippen LogP contribution in [0.2, 0.25) is 0 Å². The predicted molar refractivity (Wildman–Crippen MR) is 79.3 cm³/mol. The molecular weight excluding hydrogens is 270 g/mol. The molecule has 2 rings (SSSR count). The highest BCUT2D eigenvalue weighted by Crippen LogP contribution is 2.30. The number of hydrogen-bond donors (Lipinski definition) is 3. The van der Waals surface area contributed by atoms with Gasteiger partial charge in [0, 0.05) is 12.6 Å². The molecule has 108 valence electrons. The van der Waals surface area contributed by atoms with Gasteiger partial charge in [0.15, 0.2) is 5.75 Å². The summed E-state index contributed by atoms with van der Waals surface area (Å²) in [6, 6.07) is 11.2. The van der Waals surface area contributed by atoms with Crippen molar-refractivity contribution in [2.24, 2.45) is 5.73 Å². The summed E-state index contributed by atoms with van der Waals surface area (Å²) in [4.78, 5) is 23.0. The van der Waals surface area contributed by atoms with Crippen LogP contribution in [0, 0.1) is 0 Å². The SMILES string of the molecule is CNC(=O)c1ccc(N)c(Oc2ccccc2C(N)=O)c1. The molecule has 0 radical (unpaired) electrons. The first kappa shape index (κ1) is 14.4. The smallest absolute Gasteiger partial charge is 0.252 e. The number of nitrogens with two attached hydrogens (primary N) is 2. The number of nitrogens with one attached hydrogen (secondary N) is 1. The molecule has 2 amide bonds. The molecule has 0 aliphatic heterocycles. The first-order chi connectivity index (χ1) is 10.0. The van der Waals surface area contributed by atoms with Crippen molar-refractivity contribution in [3.63, 3.8) is 0 Å². The molecule has 2 aromatic carbocycles. The van der Waals surface area contributed by atoms with Crippen LogP contribution in [0.4, 0.5) is 5.69 Å². The van der Waals surface area contributed by atoms with Crippen LogP contribution >= 0.6 is 0 Å². The van der Waals surface area contributed by atoms with Crippen LogP contribution in [0.5, 0.6) is 11.5 Å². The highest BCUT2D eigenvalue weighted by Gasteiger charge is 2.13. The van der Waals surface area contributed by atoms with Crippen molar-refractivity contribution < 1.29 is 14.3 Å². The number of rotatable bonds is 4. The lowest BCUT2D eigenvalue weighted by Gasteiger charge is -2.12. The number of primary amides is 1. The van der Waals surface area contributed by atoms with Gasteiger partial charge in [-0.1, -0.05) is 12.1 Å². The van der Waals surface area contributed by atoms with Crippen LogP contribution in [-0.4, -0.2) is 18.9 Å². The Balaban J connectivity index is 2.40. The first-order valence-electron chi connectivity index (χ1n) is 6.21. The maximum Gasteiger partial charge on any atom is 0.252 e. The minimum absolute atomic E-state index is 0.238. The third kappa shape index (κ3) is 3.11. The normalized spacial score (nSPS) is 9.95. The Kier molecular flexibility index (Phi) is 4.08. The van der Waals surface area contributed by atoms with Crippen LogP contribution in [0.25, 0.3) is 0 Å². The molecule has 0 atom stereocenters. The van der Waals surface area contributed by atoms with Gasteiger partial charge in [0.1, 0.15) is 5.75 Å². The molecule has 0 saturated heterocycles. The fraction of sp³-hybridized carbons (Fsp3) is 0.0667. The first-order valence-corrected chi connectivity index (χ1v) is 6.21. The zero-order valence-corrected chi connectivity index (χ0v) is 11.4. The van der Waals surface area contributed by atoms with E-state index < -0.39 is 5.91 Å². The van der Waals surface area contributed by atoms with Crippen LogP contribution in [-0.2, 0) is 0 Å². The van der Waals surface area contributed by atoms with Crippen LogP contribution in [0.1, 0.15) is 20.7 Å². The van der Waals surface area contributed by atoms with Gasteiger partial charge in [0.05, 0.1) is 11.3 Å². The Hall–Kier alpha value is -3.02. The van der Waals surface area contributed by atoms with Gasteiger partial charge in [0.25, 0.3) is 11.8 Å². The second-order valence-corrected chi connectivity index (χ2v) is 4.29. The summed E-state index contributed by atoms with van der Waals surface area (Å²) in [5.74, 6) is -0.301. The van der Waals surface area contributed by atoms with Gasteiger partial charge in [-0.05, 0) is 30.3 Å². The third-order valence-corrected chi connectivity index (χ3v) is 2.88. The number of anilines is 1. The average Bonchev–Trinajstić information content (AvgIpc) is 2.49. The van der Waals surface area contributed by atoms with Crippen molar-refractivity contribution in [2.45, 2.75) is 0 Å².